The number of hydrogen-bond acceptors (Lipinski definition) is 4. The van der Waals surface area contributed by atoms with E-state index < -0.39 is 22.0 Å². The van der Waals surface area contributed by atoms with Gasteiger partial charge in [-0.05, 0) is 30.5 Å². The lowest BCUT2D eigenvalue weighted by Gasteiger charge is -2.22. The van der Waals surface area contributed by atoms with Crippen molar-refractivity contribution in [2.24, 2.45) is 0 Å². The predicted molar refractivity (Wildman–Crippen MR) is 75.8 cm³/mol. The first-order chi connectivity index (χ1) is 9.92. The van der Waals surface area contributed by atoms with Gasteiger partial charge in [-0.3, -0.25) is 4.79 Å². The fraction of sp³-hybridized carbons (Fsp3) is 0.429. The van der Waals surface area contributed by atoms with Gasteiger partial charge in [0.1, 0.15) is 0 Å². The summed E-state index contributed by atoms with van der Waals surface area (Å²) < 4.78 is 26.2. The number of rotatable bonds is 5. The van der Waals surface area contributed by atoms with E-state index in [9.17, 15) is 13.2 Å². The van der Waals surface area contributed by atoms with Crippen molar-refractivity contribution in [3.05, 3.63) is 35.4 Å². The summed E-state index contributed by atoms with van der Waals surface area (Å²) in [5, 5.41) is 17.7. The number of benzene rings is 1. The Balaban J connectivity index is 2.17. The normalized spacial score (nSPS) is 19.3. The average Bonchev–Trinajstić information content (AvgIpc) is 2.86. The van der Waals surface area contributed by atoms with Crippen LogP contribution in [0, 0.1) is 11.3 Å². The molecule has 1 heterocycles. The van der Waals surface area contributed by atoms with Crippen molar-refractivity contribution in [2.45, 2.75) is 31.1 Å². The van der Waals surface area contributed by atoms with Gasteiger partial charge in [-0.1, -0.05) is 12.1 Å². The molecule has 1 fully saturated rings. The first-order valence-corrected chi connectivity index (χ1v) is 8.23. The number of carbonyl (C=O) groups is 1. The van der Waals surface area contributed by atoms with Crippen LogP contribution in [0.15, 0.2) is 24.3 Å². The second-order valence-corrected chi connectivity index (χ2v) is 6.99. The molecule has 2 rings (SSSR count). The number of carboxylic acid groups (broad SMARTS) is 1. The van der Waals surface area contributed by atoms with E-state index >= 15 is 0 Å². The number of nitriles is 1. The van der Waals surface area contributed by atoms with Crippen LogP contribution in [0.5, 0.6) is 0 Å². The second kappa shape index (κ2) is 6.24. The first-order valence-electron chi connectivity index (χ1n) is 6.63. The Morgan fingerprint density at radius 2 is 2.24 bits per heavy atom. The monoisotopic (exact) mass is 308 g/mol. The van der Waals surface area contributed by atoms with Crippen molar-refractivity contribution in [1.29, 1.82) is 5.26 Å². The molecule has 21 heavy (non-hydrogen) atoms. The van der Waals surface area contributed by atoms with E-state index in [1.54, 1.807) is 24.3 Å². The maximum absolute atomic E-state index is 12.4. The predicted octanol–water partition coefficient (Wildman–Crippen LogP) is 1.33. The van der Waals surface area contributed by atoms with E-state index in [0.29, 0.717) is 30.5 Å². The van der Waals surface area contributed by atoms with E-state index in [0.717, 1.165) is 0 Å². The van der Waals surface area contributed by atoms with Gasteiger partial charge < -0.3 is 5.11 Å². The standard InChI is InChI=1S/C14H16N2O4S/c15-9-11-3-1-4-12(7-11)10-21(19,20)16-6-2-5-13(16)8-14(17)18/h1,3-4,7,13H,2,5-6,8,10H2,(H,17,18). The van der Waals surface area contributed by atoms with Crippen LogP contribution in [0.2, 0.25) is 0 Å². The fourth-order valence-corrected chi connectivity index (χ4v) is 4.41. The lowest BCUT2D eigenvalue weighted by atomic mass is 10.2. The number of aliphatic carboxylic acids is 1. The Bertz CT molecular complexity index is 678. The zero-order valence-electron chi connectivity index (χ0n) is 11.4. The third-order valence-corrected chi connectivity index (χ3v) is 5.39. The summed E-state index contributed by atoms with van der Waals surface area (Å²) in [5.41, 5.74) is 0.946. The Hall–Kier alpha value is -1.91. The molecule has 1 atom stereocenters. The Kier molecular flexibility index (Phi) is 4.60. The molecule has 1 saturated heterocycles. The van der Waals surface area contributed by atoms with E-state index in [2.05, 4.69) is 0 Å². The Morgan fingerprint density at radius 3 is 2.90 bits per heavy atom. The zero-order valence-corrected chi connectivity index (χ0v) is 12.2. The third-order valence-electron chi connectivity index (χ3n) is 3.50. The molecule has 0 saturated carbocycles. The molecule has 1 unspecified atom stereocenters. The highest BCUT2D eigenvalue weighted by Crippen LogP contribution is 2.25. The summed E-state index contributed by atoms with van der Waals surface area (Å²) in [7, 11) is -3.57. The molecule has 1 aliphatic heterocycles. The topological polar surface area (TPSA) is 98.5 Å². The van der Waals surface area contributed by atoms with Gasteiger partial charge in [-0.2, -0.15) is 9.57 Å². The van der Waals surface area contributed by atoms with Crippen molar-refractivity contribution in [1.82, 2.24) is 4.31 Å². The molecule has 1 aromatic rings. The number of carboxylic acids is 1. The number of nitrogens with zero attached hydrogens (tertiary/aromatic N) is 2. The van der Waals surface area contributed by atoms with Gasteiger partial charge in [0.15, 0.2) is 0 Å². The van der Waals surface area contributed by atoms with Crippen LogP contribution in [0.1, 0.15) is 30.4 Å². The summed E-state index contributed by atoms with van der Waals surface area (Å²) in [6.45, 7) is 0.359. The molecule has 0 radical (unpaired) electrons. The molecule has 1 N–H and O–H groups in total. The minimum absolute atomic E-state index is 0.169. The number of sulfonamides is 1. The van der Waals surface area contributed by atoms with Gasteiger partial charge in [0.2, 0.25) is 10.0 Å². The molecule has 0 amide bonds. The second-order valence-electron chi connectivity index (χ2n) is 5.07. The van der Waals surface area contributed by atoms with Crippen molar-refractivity contribution in [3.8, 4) is 6.07 Å². The Labute approximate surface area is 123 Å². The molecule has 0 spiro atoms. The highest BCUT2D eigenvalue weighted by atomic mass is 32.2. The van der Waals surface area contributed by atoms with E-state index in [1.165, 1.54) is 4.31 Å². The molecule has 1 aromatic carbocycles. The van der Waals surface area contributed by atoms with Crippen molar-refractivity contribution >= 4 is 16.0 Å². The zero-order chi connectivity index (χ0) is 15.5. The Morgan fingerprint density at radius 1 is 1.48 bits per heavy atom. The van der Waals surface area contributed by atoms with Crippen LogP contribution in [0.25, 0.3) is 0 Å². The maximum atomic E-state index is 12.4. The van der Waals surface area contributed by atoms with E-state index in [1.807, 2.05) is 6.07 Å². The minimum atomic E-state index is -3.57. The maximum Gasteiger partial charge on any atom is 0.304 e. The summed E-state index contributed by atoms with van der Waals surface area (Å²) in [4.78, 5) is 10.8. The molecule has 112 valence electrons. The molecule has 6 nitrogen and oxygen atoms in total. The van der Waals surface area contributed by atoms with Gasteiger partial charge in [0.05, 0.1) is 23.8 Å². The quantitative estimate of drug-likeness (QED) is 0.884. The fourth-order valence-electron chi connectivity index (χ4n) is 2.61. The van der Waals surface area contributed by atoms with Crippen LogP contribution in [0.4, 0.5) is 0 Å². The van der Waals surface area contributed by atoms with Gasteiger partial charge in [-0.15, -0.1) is 0 Å². The van der Waals surface area contributed by atoms with Crippen molar-refractivity contribution < 1.29 is 18.3 Å². The van der Waals surface area contributed by atoms with Crippen molar-refractivity contribution in [2.75, 3.05) is 6.54 Å². The summed E-state index contributed by atoms with van der Waals surface area (Å²) in [6, 6.07) is 7.95. The summed E-state index contributed by atoms with van der Waals surface area (Å²) in [5.74, 6) is -1.20. The SMILES string of the molecule is N#Cc1cccc(CS(=O)(=O)N2CCCC2CC(=O)O)c1. The minimum Gasteiger partial charge on any atom is -0.481 e. The summed E-state index contributed by atoms with van der Waals surface area (Å²) >= 11 is 0. The van der Waals surface area contributed by atoms with Gasteiger partial charge in [-0.25, -0.2) is 8.42 Å². The summed E-state index contributed by atoms with van der Waals surface area (Å²) in [6.07, 6.45) is 1.08. The molecular formula is C14H16N2O4S. The lowest BCUT2D eigenvalue weighted by molar-refractivity contribution is -0.137. The third kappa shape index (κ3) is 3.80. The van der Waals surface area contributed by atoms with Gasteiger partial charge in [0, 0.05) is 12.6 Å². The molecule has 0 aromatic heterocycles. The molecular weight excluding hydrogens is 292 g/mol. The number of hydrogen-bond donors (Lipinski definition) is 1. The highest BCUT2D eigenvalue weighted by molar-refractivity contribution is 7.88. The van der Waals surface area contributed by atoms with Gasteiger partial charge in [0.25, 0.3) is 0 Å². The largest absolute Gasteiger partial charge is 0.481 e. The van der Waals surface area contributed by atoms with E-state index in [-0.39, 0.29) is 12.2 Å². The van der Waals surface area contributed by atoms with Crippen LogP contribution >= 0.6 is 0 Å². The van der Waals surface area contributed by atoms with Crippen LogP contribution in [-0.4, -0.2) is 36.4 Å². The van der Waals surface area contributed by atoms with Crippen LogP contribution < -0.4 is 0 Å². The van der Waals surface area contributed by atoms with Crippen molar-refractivity contribution in [3.63, 3.8) is 0 Å². The van der Waals surface area contributed by atoms with Crippen LogP contribution in [-0.2, 0) is 20.6 Å². The smallest absolute Gasteiger partial charge is 0.304 e. The molecule has 0 bridgehead atoms. The lowest BCUT2D eigenvalue weighted by Crippen LogP contribution is -2.37. The molecule has 0 aliphatic carbocycles. The first kappa shape index (κ1) is 15.5. The van der Waals surface area contributed by atoms with E-state index in [4.69, 9.17) is 10.4 Å². The van der Waals surface area contributed by atoms with Gasteiger partial charge >= 0.3 is 5.97 Å². The molecule has 1 aliphatic rings. The van der Waals surface area contributed by atoms with Crippen LogP contribution in [0.3, 0.4) is 0 Å². The average molecular weight is 308 g/mol. The highest BCUT2D eigenvalue weighted by Gasteiger charge is 2.35. The molecule has 7 heteroatoms.